The molecule has 4 rings (SSSR count). The molecule has 10 nitrogen and oxygen atoms in total. The predicted molar refractivity (Wildman–Crippen MR) is 132 cm³/mol. The van der Waals surface area contributed by atoms with Crippen molar-refractivity contribution in [1.29, 1.82) is 0 Å². The molecule has 190 valence electrons. The van der Waals surface area contributed by atoms with Crippen molar-refractivity contribution in [2.45, 2.75) is 37.3 Å². The molecular formula is C25H28N4O6S. The van der Waals surface area contributed by atoms with Crippen LogP contribution >= 0.6 is 0 Å². The number of rotatable bonds is 8. The highest BCUT2D eigenvalue weighted by molar-refractivity contribution is 7.89. The number of nitrogens with one attached hydrogen (secondary N) is 1. The van der Waals surface area contributed by atoms with E-state index < -0.39 is 21.5 Å². The van der Waals surface area contributed by atoms with Gasteiger partial charge in [0.15, 0.2) is 0 Å². The summed E-state index contributed by atoms with van der Waals surface area (Å²) in [7, 11) is -2.64. The van der Waals surface area contributed by atoms with Gasteiger partial charge in [0.2, 0.25) is 21.8 Å². The van der Waals surface area contributed by atoms with E-state index in [2.05, 4.69) is 4.98 Å². The minimum atomic E-state index is -4.01. The number of hydrogen-bond donors (Lipinski definition) is 2. The van der Waals surface area contributed by atoms with Crippen LogP contribution in [0.1, 0.15) is 24.6 Å². The van der Waals surface area contributed by atoms with E-state index in [0.717, 1.165) is 26.5 Å². The average Bonchev–Trinajstić information content (AvgIpc) is 2.83. The molecule has 2 N–H and O–H groups in total. The number of carbonyl (C=O) groups excluding carboxylic acids is 2. The maximum atomic E-state index is 13.4. The van der Waals surface area contributed by atoms with Gasteiger partial charge in [0, 0.05) is 43.7 Å². The van der Waals surface area contributed by atoms with Crippen LogP contribution in [0.3, 0.4) is 0 Å². The quantitative estimate of drug-likeness (QED) is 0.350. The van der Waals surface area contributed by atoms with Crippen molar-refractivity contribution >= 4 is 32.7 Å². The van der Waals surface area contributed by atoms with Gasteiger partial charge in [0.25, 0.3) is 0 Å². The number of likely N-dealkylation sites (N-methyl/N-ethyl adjacent to an activating group) is 1. The van der Waals surface area contributed by atoms with Crippen LogP contribution in [0.25, 0.3) is 10.9 Å². The van der Waals surface area contributed by atoms with Crippen molar-refractivity contribution in [1.82, 2.24) is 19.7 Å². The van der Waals surface area contributed by atoms with Crippen LogP contribution in [0, 0.1) is 6.92 Å². The van der Waals surface area contributed by atoms with Gasteiger partial charge in [-0.15, -0.1) is 0 Å². The first-order valence-electron chi connectivity index (χ1n) is 11.3. The molecule has 0 spiro atoms. The number of benzene rings is 2. The molecule has 1 aliphatic rings. The molecular weight excluding hydrogens is 484 g/mol. The van der Waals surface area contributed by atoms with Gasteiger partial charge in [-0.1, -0.05) is 18.2 Å². The molecule has 0 saturated carbocycles. The van der Waals surface area contributed by atoms with Crippen LogP contribution in [0.2, 0.25) is 0 Å². The van der Waals surface area contributed by atoms with E-state index in [1.165, 1.54) is 31.0 Å². The highest BCUT2D eigenvalue weighted by atomic mass is 32.2. The second-order valence-electron chi connectivity index (χ2n) is 8.98. The summed E-state index contributed by atoms with van der Waals surface area (Å²) in [5, 5.41) is 9.95. The largest absolute Gasteiger partial charge is 0.489 e. The molecule has 11 heteroatoms. The van der Waals surface area contributed by atoms with Gasteiger partial charge in [0.1, 0.15) is 12.4 Å². The van der Waals surface area contributed by atoms with Crippen LogP contribution in [0.15, 0.2) is 59.5 Å². The highest BCUT2D eigenvalue weighted by Crippen LogP contribution is 2.35. The summed E-state index contributed by atoms with van der Waals surface area (Å²) in [4.78, 5) is 29.6. The third-order valence-electron chi connectivity index (χ3n) is 6.50. The first kappa shape index (κ1) is 25.5. The van der Waals surface area contributed by atoms with Gasteiger partial charge in [-0.25, -0.2) is 13.9 Å². The number of likely N-dealkylation sites (tertiary alicyclic amines) is 1. The fraction of sp³-hybridized carbons (Fsp3) is 0.320. The van der Waals surface area contributed by atoms with Crippen LogP contribution in [0.4, 0.5) is 0 Å². The molecule has 0 unspecified atom stereocenters. The van der Waals surface area contributed by atoms with Crippen LogP contribution < -0.4 is 10.2 Å². The Kier molecular flexibility index (Phi) is 6.98. The van der Waals surface area contributed by atoms with Crippen molar-refractivity contribution in [2.24, 2.45) is 0 Å². The molecule has 3 aromatic rings. The number of hydroxylamine groups is 1. The number of nitrogens with zero attached hydrogens (tertiary/aromatic N) is 3. The van der Waals surface area contributed by atoms with Crippen LogP contribution in [-0.2, 0) is 26.2 Å². The Bertz CT molecular complexity index is 1400. The first-order chi connectivity index (χ1) is 17.1. The van der Waals surface area contributed by atoms with E-state index in [9.17, 15) is 18.0 Å². The van der Waals surface area contributed by atoms with Crippen molar-refractivity contribution in [3.8, 4) is 5.75 Å². The zero-order valence-corrected chi connectivity index (χ0v) is 21.1. The lowest BCUT2D eigenvalue weighted by molar-refractivity contribution is -0.146. The monoisotopic (exact) mass is 512 g/mol. The number of ether oxygens (including phenoxy) is 1. The minimum Gasteiger partial charge on any atom is -0.489 e. The fourth-order valence-electron chi connectivity index (χ4n) is 4.44. The van der Waals surface area contributed by atoms with E-state index >= 15 is 0 Å². The molecule has 0 aliphatic carbocycles. The lowest BCUT2D eigenvalue weighted by atomic mass is 9.86. The second-order valence-corrected chi connectivity index (χ2v) is 11.0. The lowest BCUT2D eigenvalue weighted by Gasteiger charge is -2.53. The fourth-order valence-corrected chi connectivity index (χ4v) is 5.93. The lowest BCUT2D eigenvalue weighted by Crippen LogP contribution is -2.72. The zero-order chi connectivity index (χ0) is 26.1. The van der Waals surface area contributed by atoms with Gasteiger partial charge in [-0.2, -0.15) is 4.31 Å². The van der Waals surface area contributed by atoms with E-state index in [4.69, 9.17) is 9.94 Å². The number of sulfonamides is 1. The van der Waals surface area contributed by atoms with Crippen molar-refractivity contribution < 1.29 is 28.0 Å². The topological polar surface area (TPSA) is 129 Å². The second kappa shape index (κ2) is 9.84. The molecule has 2 aromatic carbocycles. The summed E-state index contributed by atoms with van der Waals surface area (Å²) >= 11 is 0. The molecule has 0 bridgehead atoms. The number of aromatic nitrogens is 1. The molecule has 1 fully saturated rings. The van der Waals surface area contributed by atoms with Crippen molar-refractivity contribution in [3.63, 3.8) is 0 Å². The SMILES string of the molecule is CC(=O)N1CC(CC(=O)NO)(N(C)S(=O)(=O)c2ccc(OCc3cc(C)nc4ccccc34)cc2)C1. The summed E-state index contributed by atoms with van der Waals surface area (Å²) in [5.74, 6) is -0.460. The van der Waals surface area contributed by atoms with Gasteiger partial charge >= 0.3 is 0 Å². The van der Waals surface area contributed by atoms with Crippen molar-refractivity contribution in [2.75, 3.05) is 20.1 Å². The predicted octanol–water partition coefficient (Wildman–Crippen LogP) is 2.24. The van der Waals surface area contributed by atoms with Gasteiger partial charge in [-0.05, 0) is 43.3 Å². The smallest absolute Gasteiger partial charge is 0.245 e. The normalized spacial score (nSPS) is 15.0. The maximum Gasteiger partial charge on any atom is 0.245 e. The number of para-hydroxylation sites is 1. The standard InChI is InChI=1S/C25H28N4O6S/c1-17-12-19(22-6-4-5-7-23(22)26-17)14-35-20-8-10-21(11-9-20)36(33,34)28(3)25(13-24(31)27-32)15-29(16-25)18(2)30/h4-12,32H,13-16H2,1-3H3,(H,27,31). The summed E-state index contributed by atoms with van der Waals surface area (Å²) in [5.41, 5.74) is 3.11. The zero-order valence-electron chi connectivity index (χ0n) is 20.3. The van der Waals surface area contributed by atoms with Gasteiger partial charge in [0.05, 0.1) is 22.4 Å². The Morgan fingerprint density at radius 3 is 2.47 bits per heavy atom. The Hall–Kier alpha value is -3.54. The summed E-state index contributed by atoms with van der Waals surface area (Å²) in [6.45, 7) is 3.67. The Labute approximate surface area is 209 Å². The van der Waals surface area contributed by atoms with Crippen molar-refractivity contribution in [3.05, 3.63) is 65.9 Å². The van der Waals surface area contributed by atoms with Gasteiger partial charge in [-0.3, -0.25) is 19.8 Å². The molecule has 1 aliphatic heterocycles. The molecule has 1 aromatic heterocycles. The van der Waals surface area contributed by atoms with Crippen LogP contribution in [0.5, 0.6) is 5.75 Å². The number of amides is 2. The summed E-state index contributed by atoms with van der Waals surface area (Å²) in [6.07, 6.45) is -0.288. The Morgan fingerprint density at radius 2 is 1.83 bits per heavy atom. The molecule has 2 heterocycles. The number of carbonyl (C=O) groups is 2. The summed E-state index contributed by atoms with van der Waals surface area (Å²) in [6, 6.07) is 15.8. The third kappa shape index (κ3) is 4.90. The molecule has 0 radical (unpaired) electrons. The van der Waals surface area contributed by atoms with E-state index in [-0.39, 0.29) is 36.9 Å². The van der Waals surface area contributed by atoms with Crippen LogP contribution in [-0.4, -0.2) is 65.3 Å². The van der Waals surface area contributed by atoms with Gasteiger partial charge < -0.3 is 9.64 Å². The molecule has 36 heavy (non-hydrogen) atoms. The molecule has 0 atom stereocenters. The first-order valence-corrected chi connectivity index (χ1v) is 12.8. The number of pyridine rings is 1. The minimum absolute atomic E-state index is 0.0209. The summed E-state index contributed by atoms with van der Waals surface area (Å²) < 4.78 is 33.8. The Balaban J connectivity index is 1.51. The third-order valence-corrected chi connectivity index (χ3v) is 8.48. The maximum absolute atomic E-state index is 13.4. The number of hydrogen-bond acceptors (Lipinski definition) is 7. The van der Waals surface area contributed by atoms with E-state index in [0.29, 0.717) is 5.75 Å². The Morgan fingerprint density at radius 1 is 1.17 bits per heavy atom. The van der Waals surface area contributed by atoms with E-state index in [1.807, 2.05) is 37.3 Å². The average molecular weight is 513 g/mol. The highest BCUT2D eigenvalue weighted by Gasteiger charge is 2.52. The molecule has 1 saturated heterocycles. The number of fused-ring (bicyclic) bond motifs is 1. The number of aryl methyl sites for hydroxylation is 1. The molecule has 2 amide bonds. The van der Waals surface area contributed by atoms with E-state index in [1.54, 1.807) is 17.6 Å².